The van der Waals surface area contributed by atoms with Crippen LogP contribution in [0.25, 0.3) is 0 Å². The minimum Gasteiger partial charge on any atom is -0.362 e. The van der Waals surface area contributed by atoms with Crippen molar-refractivity contribution in [3.05, 3.63) is 24.8 Å². The molecule has 0 aromatic carbocycles. The first-order valence-corrected chi connectivity index (χ1v) is 5.38. The van der Waals surface area contributed by atoms with Crippen LogP contribution in [-0.2, 0) is 0 Å². The molecule has 1 unspecified atom stereocenters. The quantitative estimate of drug-likeness (QED) is 0.641. The third-order valence-corrected chi connectivity index (χ3v) is 2.85. The van der Waals surface area contributed by atoms with Gasteiger partial charge in [0.25, 0.3) is 0 Å². The van der Waals surface area contributed by atoms with Crippen LogP contribution in [0.1, 0.15) is 6.42 Å². The predicted molar refractivity (Wildman–Crippen MR) is 61.8 cm³/mol. The van der Waals surface area contributed by atoms with Gasteiger partial charge < -0.3 is 9.80 Å². The van der Waals surface area contributed by atoms with Crippen molar-refractivity contribution in [3.63, 3.8) is 0 Å². The number of hydrogen-bond donors (Lipinski definition) is 0. The van der Waals surface area contributed by atoms with Crippen molar-refractivity contribution >= 4 is 6.34 Å². The summed E-state index contributed by atoms with van der Waals surface area (Å²) < 4.78 is 0.841. The van der Waals surface area contributed by atoms with Gasteiger partial charge in [0.2, 0.25) is 0 Å². The Bertz CT molecular complexity index is 294. The molecule has 2 heterocycles. The van der Waals surface area contributed by atoms with Gasteiger partial charge in [0.15, 0.2) is 6.34 Å². The van der Waals surface area contributed by atoms with Gasteiger partial charge in [-0.25, -0.2) is 4.99 Å². The first-order chi connectivity index (χ1) is 7.18. The van der Waals surface area contributed by atoms with Gasteiger partial charge in [0, 0.05) is 32.4 Å². The van der Waals surface area contributed by atoms with Crippen LogP contribution in [-0.4, -0.2) is 54.5 Å². The van der Waals surface area contributed by atoms with Crippen molar-refractivity contribution in [2.45, 2.75) is 6.42 Å². The number of nitrogens with zero attached hydrogens (tertiary/aromatic N) is 4. The highest BCUT2D eigenvalue weighted by atomic mass is 15.4. The molecule has 0 bridgehead atoms. The molecule has 82 valence electrons. The lowest BCUT2D eigenvalue weighted by Crippen LogP contribution is -2.37. The number of aliphatic imine (C=N–C) groups is 1. The number of rotatable bonds is 4. The van der Waals surface area contributed by atoms with Crippen LogP contribution in [0.15, 0.2) is 29.8 Å². The number of quaternary nitrogens is 1. The largest absolute Gasteiger partial charge is 0.362 e. The molecule has 4 heteroatoms. The Hall–Kier alpha value is -1.29. The highest BCUT2D eigenvalue weighted by Crippen LogP contribution is 2.10. The molecule has 0 spiro atoms. The van der Waals surface area contributed by atoms with Crippen LogP contribution in [0.5, 0.6) is 0 Å². The second kappa shape index (κ2) is 4.06. The molecule has 0 fully saturated rings. The van der Waals surface area contributed by atoms with E-state index in [1.165, 1.54) is 6.42 Å². The van der Waals surface area contributed by atoms with Crippen molar-refractivity contribution in [1.82, 2.24) is 9.80 Å². The van der Waals surface area contributed by atoms with Crippen LogP contribution in [0.4, 0.5) is 0 Å². The summed E-state index contributed by atoms with van der Waals surface area (Å²) in [6.07, 6.45) is 11.5. The second-order valence-corrected chi connectivity index (χ2v) is 4.50. The fourth-order valence-electron chi connectivity index (χ4n) is 1.90. The summed E-state index contributed by atoms with van der Waals surface area (Å²) in [5.41, 5.74) is 0. The summed E-state index contributed by atoms with van der Waals surface area (Å²) in [6, 6.07) is 0. The summed E-state index contributed by atoms with van der Waals surface area (Å²) in [5, 5.41) is 0. The van der Waals surface area contributed by atoms with Gasteiger partial charge in [-0.1, -0.05) is 0 Å². The summed E-state index contributed by atoms with van der Waals surface area (Å²) >= 11 is 0. The molecule has 0 aromatic heterocycles. The molecule has 2 aliphatic rings. The molecule has 0 amide bonds. The number of hydrogen-bond acceptors (Lipinski definition) is 3. The Kier molecular flexibility index (Phi) is 2.77. The monoisotopic (exact) mass is 207 g/mol. The van der Waals surface area contributed by atoms with Gasteiger partial charge in [0.05, 0.1) is 26.5 Å². The average Bonchev–Trinajstić information content (AvgIpc) is 2.76. The van der Waals surface area contributed by atoms with E-state index in [1.807, 2.05) is 12.5 Å². The first kappa shape index (κ1) is 10.2. The summed E-state index contributed by atoms with van der Waals surface area (Å²) in [4.78, 5) is 8.65. The second-order valence-electron chi connectivity index (χ2n) is 4.50. The van der Waals surface area contributed by atoms with Crippen LogP contribution >= 0.6 is 0 Å². The molecule has 0 saturated heterocycles. The highest BCUT2D eigenvalue weighted by Gasteiger charge is 2.19. The Morgan fingerprint density at radius 3 is 2.87 bits per heavy atom. The fraction of sp³-hybridized carbons (Fsp3) is 0.545. The van der Waals surface area contributed by atoms with E-state index in [9.17, 15) is 0 Å². The van der Waals surface area contributed by atoms with Crippen molar-refractivity contribution in [1.29, 1.82) is 0 Å². The zero-order valence-corrected chi connectivity index (χ0v) is 9.50. The van der Waals surface area contributed by atoms with E-state index >= 15 is 0 Å². The lowest BCUT2D eigenvalue weighted by molar-refractivity contribution is -0.756. The standard InChI is InChI=1S/C11H19N4/c1-13-6-7-14(11-13)5-3-8-15(2)9-4-12-10-15/h4,6-7,9-10H,3,5,8,11H2,1-2H3/q+1. The fourth-order valence-corrected chi connectivity index (χ4v) is 1.90. The van der Waals surface area contributed by atoms with E-state index in [0.29, 0.717) is 0 Å². The van der Waals surface area contributed by atoms with Crippen molar-refractivity contribution in [3.8, 4) is 0 Å². The molecule has 4 nitrogen and oxygen atoms in total. The van der Waals surface area contributed by atoms with E-state index in [4.69, 9.17) is 0 Å². The molecule has 2 aliphatic heterocycles. The van der Waals surface area contributed by atoms with Gasteiger partial charge in [-0.2, -0.15) is 0 Å². The Balaban J connectivity index is 1.69. The van der Waals surface area contributed by atoms with Crippen LogP contribution in [0.3, 0.4) is 0 Å². The Morgan fingerprint density at radius 1 is 1.40 bits per heavy atom. The van der Waals surface area contributed by atoms with Crippen LogP contribution in [0, 0.1) is 0 Å². The normalized spacial score (nSPS) is 28.4. The van der Waals surface area contributed by atoms with Gasteiger partial charge >= 0.3 is 0 Å². The summed E-state index contributed by atoms with van der Waals surface area (Å²) in [6.45, 7) is 3.26. The van der Waals surface area contributed by atoms with E-state index < -0.39 is 0 Å². The maximum atomic E-state index is 4.13. The molecule has 1 atom stereocenters. The van der Waals surface area contributed by atoms with Gasteiger partial charge in [-0.15, -0.1) is 0 Å². The topological polar surface area (TPSA) is 18.8 Å². The molecule has 0 radical (unpaired) electrons. The van der Waals surface area contributed by atoms with Gasteiger partial charge in [-0.05, 0) is 0 Å². The van der Waals surface area contributed by atoms with Crippen molar-refractivity contribution in [2.24, 2.45) is 4.99 Å². The molecular weight excluding hydrogens is 188 g/mol. The van der Waals surface area contributed by atoms with Crippen LogP contribution in [0.2, 0.25) is 0 Å². The SMILES string of the molecule is CN1C=CN(CCC[N+]2(C)C=CN=C2)C1. The molecule has 0 aromatic rings. The molecule has 0 aliphatic carbocycles. The lowest BCUT2D eigenvalue weighted by Gasteiger charge is -2.23. The molecule has 0 N–H and O–H groups in total. The zero-order chi connectivity index (χ0) is 10.7. The zero-order valence-electron chi connectivity index (χ0n) is 9.50. The van der Waals surface area contributed by atoms with E-state index in [2.05, 4.69) is 47.5 Å². The van der Waals surface area contributed by atoms with Crippen LogP contribution < -0.4 is 0 Å². The Morgan fingerprint density at radius 2 is 2.27 bits per heavy atom. The molecule has 2 rings (SSSR count). The molecule has 0 saturated carbocycles. The van der Waals surface area contributed by atoms with Gasteiger partial charge in [-0.3, -0.25) is 4.48 Å². The summed E-state index contributed by atoms with van der Waals surface area (Å²) in [7, 11) is 4.28. The van der Waals surface area contributed by atoms with Gasteiger partial charge in [0.1, 0.15) is 6.20 Å². The maximum absolute atomic E-state index is 4.13. The van der Waals surface area contributed by atoms with E-state index in [0.717, 1.165) is 24.2 Å². The Labute approximate surface area is 91.4 Å². The van der Waals surface area contributed by atoms with E-state index in [1.54, 1.807) is 0 Å². The van der Waals surface area contributed by atoms with E-state index in [-0.39, 0.29) is 0 Å². The lowest BCUT2D eigenvalue weighted by atomic mass is 10.3. The van der Waals surface area contributed by atoms with Crippen molar-refractivity contribution < 1.29 is 4.48 Å². The maximum Gasteiger partial charge on any atom is 0.194 e. The minimum absolute atomic E-state index is 0.841. The highest BCUT2D eigenvalue weighted by molar-refractivity contribution is 5.50. The molecule has 15 heavy (non-hydrogen) atoms. The third-order valence-electron chi connectivity index (χ3n) is 2.85. The minimum atomic E-state index is 0.841. The molecular formula is C11H19N4+. The smallest absolute Gasteiger partial charge is 0.194 e. The first-order valence-electron chi connectivity index (χ1n) is 5.38. The average molecular weight is 207 g/mol. The summed E-state index contributed by atoms with van der Waals surface area (Å²) in [5.74, 6) is 0. The third kappa shape index (κ3) is 2.59. The predicted octanol–water partition coefficient (Wildman–Crippen LogP) is 1.01. The van der Waals surface area contributed by atoms with Crippen molar-refractivity contribution in [2.75, 3.05) is 33.9 Å².